The topological polar surface area (TPSA) is 62.7 Å². The van der Waals surface area contributed by atoms with E-state index in [0.717, 1.165) is 0 Å². The third-order valence-electron chi connectivity index (χ3n) is 2.60. The van der Waals surface area contributed by atoms with Crippen molar-refractivity contribution in [2.24, 2.45) is 0 Å². The van der Waals surface area contributed by atoms with Crippen molar-refractivity contribution in [1.82, 2.24) is 9.88 Å². The van der Waals surface area contributed by atoms with Gasteiger partial charge in [0.15, 0.2) is 0 Å². The van der Waals surface area contributed by atoms with E-state index in [-0.39, 0.29) is 18.6 Å². The summed E-state index contributed by atoms with van der Waals surface area (Å²) in [6, 6.07) is 3.36. The average molecular weight is 301 g/mol. The zero-order chi connectivity index (χ0) is 12.3. The normalized spacial score (nSPS) is 20.4. The Bertz CT molecular complexity index is 413. The molecule has 0 radical (unpaired) electrons. The zero-order valence-corrected chi connectivity index (χ0v) is 10.8. The van der Waals surface area contributed by atoms with Crippen LogP contribution in [-0.4, -0.2) is 53.3 Å². The quantitative estimate of drug-likeness (QED) is 0.816. The standard InChI is InChI=1S/C11H13BrN2O3/c12-10-5-8(1-2-13-10)11(16)14-3-4-17-9(6-14)7-15/h1-2,5,9,15H,3-4,6-7H2. The molecule has 0 spiro atoms. The van der Waals surface area contributed by atoms with Gasteiger partial charge in [-0.25, -0.2) is 4.98 Å². The number of ether oxygens (including phenoxy) is 1. The molecule has 1 unspecified atom stereocenters. The fourth-order valence-electron chi connectivity index (χ4n) is 1.73. The number of aliphatic hydroxyl groups is 1. The van der Waals surface area contributed by atoms with E-state index >= 15 is 0 Å². The van der Waals surface area contributed by atoms with Gasteiger partial charge >= 0.3 is 0 Å². The highest BCUT2D eigenvalue weighted by Crippen LogP contribution is 2.13. The number of carbonyl (C=O) groups is 1. The molecule has 0 bridgehead atoms. The Morgan fingerprint density at radius 3 is 3.24 bits per heavy atom. The minimum Gasteiger partial charge on any atom is -0.394 e. The number of nitrogens with zero attached hydrogens (tertiary/aromatic N) is 2. The smallest absolute Gasteiger partial charge is 0.254 e. The summed E-state index contributed by atoms with van der Waals surface area (Å²) in [5.41, 5.74) is 0.588. The molecule has 6 heteroatoms. The van der Waals surface area contributed by atoms with Crippen LogP contribution in [0.25, 0.3) is 0 Å². The first-order valence-electron chi connectivity index (χ1n) is 5.34. The second-order valence-electron chi connectivity index (χ2n) is 3.79. The lowest BCUT2D eigenvalue weighted by Gasteiger charge is -2.32. The largest absolute Gasteiger partial charge is 0.394 e. The van der Waals surface area contributed by atoms with Crippen molar-refractivity contribution in [2.75, 3.05) is 26.3 Å². The Kier molecular flexibility index (Phi) is 4.09. The molecule has 1 atom stereocenters. The second-order valence-corrected chi connectivity index (χ2v) is 4.61. The lowest BCUT2D eigenvalue weighted by atomic mass is 10.2. The van der Waals surface area contributed by atoms with Crippen molar-refractivity contribution in [3.05, 3.63) is 28.5 Å². The van der Waals surface area contributed by atoms with Crippen molar-refractivity contribution in [2.45, 2.75) is 6.10 Å². The molecule has 2 heterocycles. The van der Waals surface area contributed by atoms with Gasteiger partial charge in [-0.15, -0.1) is 0 Å². The molecule has 1 saturated heterocycles. The lowest BCUT2D eigenvalue weighted by molar-refractivity contribution is -0.0447. The monoisotopic (exact) mass is 300 g/mol. The van der Waals surface area contributed by atoms with E-state index in [4.69, 9.17) is 9.84 Å². The number of pyridine rings is 1. The highest BCUT2D eigenvalue weighted by Gasteiger charge is 2.24. The first-order valence-corrected chi connectivity index (χ1v) is 6.13. The van der Waals surface area contributed by atoms with Crippen LogP contribution in [0.15, 0.2) is 22.9 Å². The van der Waals surface area contributed by atoms with Gasteiger partial charge in [-0.05, 0) is 28.1 Å². The molecule has 1 N–H and O–H groups in total. The molecule has 1 fully saturated rings. The molecular formula is C11H13BrN2O3. The summed E-state index contributed by atoms with van der Waals surface area (Å²) in [5.74, 6) is -0.0603. The van der Waals surface area contributed by atoms with Crippen molar-refractivity contribution < 1.29 is 14.6 Å². The average Bonchev–Trinajstić information content (AvgIpc) is 2.38. The van der Waals surface area contributed by atoms with Crippen LogP contribution in [0.3, 0.4) is 0 Å². The van der Waals surface area contributed by atoms with E-state index in [9.17, 15) is 4.79 Å². The lowest BCUT2D eigenvalue weighted by Crippen LogP contribution is -2.46. The Hall–Kier alpha value is -0.980. The zero-order valence-electron chi connectivity index (χ0n) is 9.17. The molecule has 1 aliphatic rings. The van der Waals surface area contributed by atoms with Crippen molar-refractivity contribution in [1.29, 1.82) is 0 Å². The number of hydrogen-bond acceptors (Lipinski definition) is 4. The van der Waals surface area contributed by atoms with Crippen LogP contribution in [0.5, 0.6) is 0 Å². The number of morpholine rings is 1. The van der Waals surface area contributed by atoms with E-state index in [1.54, 1.807) is 23.2 Å². The summed E-state index contributed by atoms with van der Waals surface area (Å²) in [7, 11) is 0. The third-order valence-corrected chi connectivity index (χ3v) is 3.04. The molecule has 0 aromatic carbocycles. The molecule has 1 aromatic heterocycles. The van der Waals surface area contributed by atoms with Crippen LogP contribution in [0.2, 0.25) is 0 Å². The van der Waals surface area contributed by atoms with E-state index in [0.29, 0.717) is 29.9 Å². The first kappa shape index (κ1) is 12.5. The van der Waals surface area contributed by atoms with Gasteiger partial charge < -0.3 is 14.7 Å². The molecule has 92 valence electrons. The number of halogens is 1. The van der Waals surface area contributed by atoms with Crippen LogP contribution in [0, 0.1) is 0 Å². The van der Waals surface area contributed by atoms with E-state index in [2.05, 4.69) is 20.9 Å². The van der Waals surface area contributed by atoms with Gasteiger partial charge in [-0.2, -0.15) is 0 Å². The minimum absolute atomic E-state index is 0.0603. The van der Waals surface area contributed by atoms with Gasteiger partial charge in [0.2, 0.25) is 0 Å². The maximum atomic E-state index is 12.2. The number of aromatic nitrogens is 1. The van der Waals surface area contributed by atoms with E-state index in [1.165, 1.54) is 0 Å². The third kappa shape index (κ3) is 3.02. The number of amides is 1. The predicted octanol–water partition coefficient (Wildman–Crippen LogP) is 0.677. The molecule has 0 saturated carbocycles. The molecule has 0 aliphatic carbocycles. The van der Waals surface area contributed by atoms with Crippen molar-refractivity contribution in [3.8, 4) is 0 Å². The van der Waals surface area contributed by atoms with Gasteiger partial charge in [-0.3, -0.25) is 4.79 Å². The minimum atomic E-state index is -0.280. The molecular weight excluding hydrogens is 288 g/mol. The summed E-state index contributed by atoms with van der Waals surface area (Å²) < 4.78 is 5.94. The fraction of sp³-hybridized carbons (Fsp3) is 0.455. The van der Waals surface area contributed by atoms with Crippen molar-refractivity contribution >= 4 is 21.8 Å². The van der Waals surface area contributed by atoms with Gasteiger partial charge in [0.05, 0.1) is 19.3 Å². The van der Waals surface area contributed by atoms with E-state index in [1.807, 2.05) is 0 Å². The number of carbonyl (C=O) groups excluding carboxylic acids is 1. The number of rotatable bonds is 2. The van der Waals surface area contributed by atoms with Gasteiger partial charge in [0.1, 0.15) is 4.60 Å². The highest BCUT2D eigenvalue weighted by atomic mass is 79.9. The SMILES string of the molecule is O=C(c1ccnc(Br)c1)N1CCOC(CO)C1. The maximum Gasteiger partial charge on any atom is 0.254 e. The van der Waals surface area contributed by atoms with Crippen molar-refractivity contribution in [3.63, 3.8) is 0 Å². The maximum absolute atomic E-state index is 12.2. The first-order chi connectivity index (χ1) is 8.20. The molecule has 1 aliphatic heterocycles. The Labute approximate surface area is 108 Å². The Morgan fingerprint density at radius 2 is 2.53 bits per heavy atom. The van der Waals surface area contributed by atoms with Crippen LogP contribution in [0.4, 0.5) is 0 Å². The van der Waals surface area contributed by atoms with Crippen LogP contribution in [0.1, 0.15) is 10.4 Å². The van der Waals surface area contributed by atoms with Gasteiger partial charge in [0.25, 0.3) is 5.91 Å². The van der Waals surface area contributed by atoms with E-state index < -0.39 is 0 Å². The predicted molar refractivity (Wildman–Crippen MR) is 64.7 cm³/mol. The summed E-state index contributed by atoms with van der Waals surface area (Å²) in [5, 5.41) is 9.02. The summed E-state index contributed by atoms with van der Waals surface area (Å²) in [6.07, 6.45) is 1.30. The number of aliphatic hydroxyl groups excluding tert-OH is 1. The van der Waals surface area contributed by atoms with Crippen LogP contribution >= 0.6 is 15.9 Å². The number of hydrogen-bond donors (Lipinski definition) is 1. The van der Waals surface area contributed by atoms with Crippen LogP contribution in [-0.2, 0) is 4.74 Å². The summed E-state index contributed by atoms with van der Waals surface area (Å²) in [4.78, 5) is 17.8. The Balaban J connectivity index is 2.09. The Morgan fingerprint density at radius 1 is 1.71 bits per heavy atom. The molecule has 5 nitrogen and oxygen atoms in total. The fourth-order valence-corrected chi connectivity index (χ4v) is 2.10. The molecule has 2 rings (SSSR count). The van der Waals surface area contributed by atoms with Gasteiger partial charge in [0, 0.05) is 24.8 Å². The van der Waals surface area contributed by atoms with Crippen LogP contribution < -0.4 is 0 Å². The molecule has 17 heavy (non-hydrogen) atoms. The summed E-state index contributed by atoms with van der Waals surface area (Å²) in [6.45, 7) is 1.37. The van der Waals surface area contributed by atoms with Gasteiger partial charge in [-0.1, -0.05) is 0 Å². The molecule has 1 aromatic rings. The second kappa shape index (κ2) is 5.57. The summed E-state index contributed by atoms with van der Waals surface area (Å²) >= 11 is 3.23. The molecule has 1 amide bonds. The highest BCUT2D eigenvalue weighted by molar-refractivity contribution is 9.10.